The maximum atomic E-state index is 3.54. The number of benzene rings is 1. The Kier molecular flexibility index (Phi) is 4.37. The molecule has 110 valence electrons. The molecule has 0 radical (unpaired) electrons. The van der Waals surface area contributed by atoms with Crippen LogP contribution in [-0.4, -0.2) is 36.6 Å². The third-order valence-corrected chi connectivity index (χ3v) is 5.43. The lowest BCUT2D eigenvalue weighted by Gasteiger charge is -2.50. The van der Waals surface area contributed by atoms with E-state index < -0.39 is 0 Å². The van der Waals surface area contributed by atoms with Gasteiger partial charge < -0.3 is 4.90 Å². The quantitative estimate of drug-likeness (QED) is 0.800. The number of rotatable bonds is 2. The topological polar surface area (TPSA) is 6.48 Å². The second-order valence-electron chi connectivity index (χ2n) is 6.58. The fraction of sp³-hybridized carbons (Fsp3) is 0.647. The fourth-order valence-corrected chi connectivity index (χ4v) is 3.97. The minimum atomic E-state index is 0.644. The number of fused-ring (bicyclic) bond motifs is 1. The van der Waals surface area contributed by atoms with Crippen LogP contribution in [0.3, 0.4) is 0 Å². The van der Waals surface area contributed by atoms with E-state index in [9.17, 15) is 0 Å². The molecule has 2 aliphatic heterocycles. The molecule has 2 unspecified atom stereocenters. The van der Waals surface area contributed by atoms with E-state index in [1.54, 1.807) is 0 Å². The lowest BCUT2D eigenvalue weighted by atomic mass is 9.91. The molecule has 2 heterocycles. The second kappa shape index (κ2) is 6.07. The highest BCUT2D eigenvalue weighted by molar-refractivity contribution is 9.10. The Hall–Kier alpha value is -0.540. The van der Waals surface area contributed by atoms with Gasteiger partial charge in [0.05, 0.1) is 0 Å². The summed E-state index contributed by atoms with van der Waals surface area (Å²) in [7, 11) is 0. The first-order valence-electron chi connectivity index (χ1n) is 7.91. The van der Waals surface area contributed by atoms with Gasteiger partial charge in [-0.25, -0.2) is 0 Å². The van der Waals surface area contributed by atoms with E-state index in [1.807, 2.05) is 0 Å². The van der Waals surface area contributed by atoms with Crippen molar-refractivity contribution in [3.05, 3.63) is 28.7 Å². The Morgan fingerprint density at radius 1 is 1.10 bits per heavy atom. The van der Waals surface area contributed by atoms with Crippen LogP contribution in [0.2, 0.25) is 0 Å². The van der Waals surface area contributed by atoms with Gasteiger partial charge in [-0.1, -0.05) is 36.2 Å². The van der Waals surface area contributed by atoms with Crippen molar-refractivity contribution in [1.82, 2.24) is 4.90 Å². The first-order chi connectivity index (χ1) is 9.65. The predicted molar refractivity (Wildman–Crippen MR) is 89.3 cm³/mol. The molecule has 0 spiro atoms. The van der Waals surface area contributed by atoms with Gasteiger partial charge >= 0.3 is 0 Å². The molecule has 2 aliphatic rings. The molecule has 0 bridgehead atoms. The van der Waals surface area contributed by atoms with E-state index in [0.717, 1.165) is 6.04 Å². The Labute approximate surface area is 131 Å². The SMILES string of the molecule is CC(C)C1CN2CCCCC2CN1c1ccc(Br)cc1. The molecule has 2 saturated heterocycles. The maximum Gasteiger partial charge on any atom is 0.0440 e. The van der Waals surface area contributed by atoms with Crippen LogP contribution in [0.25, 0.3) is 0 Å². The molecule has 0 aliphatic carbocycles. The number of piperazine rings is 1. The highest BCUT2D eigenvalue weighted by atomic mass is 79.9. The Morgan fingerprint density at radius 2 is 1.85 bits per heavy atom. The summed E-state index contributed by atoms with van der Waals surface area (Å²) in [4.78, 5) is 5.40. The summed E-state index contributed by atoms with van der Waals surface area (Å²) in [6, 6.07) is 10.3. The van der Waals surface area contributed by atoms with Gasteiger partial charge in [-0.05, 0) is 49.6 Å². The summed E-state index contributed by atoms with van der Waals surface area (Å²) in [5, 5.41) is 0. The van der Waals surface area contributed by atoms with Gasteiger partial charge in [0, 0.05) is 35.3 Å². The number of piperidine rings is 1. The first kappa shape index (κ1) is 14.4. The molecule has 1 aromatic carbocycles. The van der Waals surface area contributed by atoms with Crippen molar-refractivity contribution >= 4 is 21.6 Å². The van der Waals surface area contributed by atoms with E-state index >= 15 is 0 Å². The average Bonchev–Trinajstić information content (AvgIpc) is 2.46. The Balaban J connectivity index is 1.84. The zero-order valence-electron chi connectivity index (χ0n) is 12.6. The summed E-state index contributed by atoms with van der Waals surface area (Å²) in [6.45, 7) is 8.46. The van der Waals surface area contributed by atoms with Crippen LogP contribution in [0.1, 0.15) is 33.1 Å². The van der Waals surface area contributed by atoms with Gasteiger partial charge in [-0.2, -0.15) is 0 Å². The first-order valence-corrected chi connectivity index (χ1v) is 8.70. The fourth-order valence-electron chi connectivity index (χ4n) is 3.71. The maximum absolute atomic E-state index is 3.54. The third kappa shape index (κ3) is 2.89. The molecule has 20 heavy (non-hydrogen) atoms. The van der Waals surface area contributed by atoms with Gasteiger partial charge in [0.25, 0.3) is 0 Å². The van der Waals surface area contributed by atoms with Gasteiger partial charge in [0.2, 0.25) is 0 Å². The molecular weight excluding hydrogens is 312 g/mol. The van der Waals surface area contributed by atoms with Crippen molar-refractivity contribution < 1.29 is 0 Å². The van der Waals surface area contributed by atoms with Gasteiger partial charge in [0.15, 0.2) is 0 Å². The predicted octanol–water partition coefficient (Wildman–Crippen LogP) is 4.15. The molecule has 0 saturated carbocycles. The Morgan fingerprint density at radius 3 is 2.55 bits per heavy atom. The zero-order valence-corrected chi connectivity index (χ0v) is 14.1. The summed E-state index contributed by atoms with van der Waals surface area (Å²) in [6.07, 6.45) is 4.17. The van der Waals surface area contributed by atoms with E-state index in [-0.39, 0.29) is 0 Å². The lowest BCUT2D eigenvalue weighted by molar-refractivity contribution is 0.100. The number of anilines is 1. The summed E-state index contributed by atoms with van der Waals surface area (Å²) >= 11 is 3.54. The molecule has 0 amide bonds. The minimum Gasteiger partial charge on any atom is -0.365 e. The van der Waals surface area contributed by atoms with Crippen molar-refractivity contribution in [3.63, 3.8) is 0 Å². The standard InChI is InChI=1S/C17H25BrN2/c1-13(2)17-12-19-10-4-3-5-16(19)11-20(17)15-8-6-14(18)7-9-15/h6-9,13,16-17H,3-5,10-12H2,1-2H3. The Bertz CT molecular complexity index is 443. The van der Waals surface area contributed by atoms with E-state index in [4.69, 9.17) is 0 Å². The summed E-state index contributed by atoms with van der Waals surface area (Å²) in [5.41, 5.74) is 1.39. The highest BCUT2D eigenvalue weighted by Crippen LogP contribution is 2.31. The molecule has 2 nitrogen and oxygen atoms in total. The van der Waals surface area contributed by atoms with Gasteiger partial charge in [-0.3, -0.25) is 4.90 Å². The van der Waals surface area contributed by atoms with Crippen LogP contribution in [0.5, 0.6) is 0 Å². The number of hydrogen-bond acceptors (Lipinski definition) is 2. The molecule has 3 heteroatoms. The zero-order chi connectivity index (χ0) is 14.1. The molecule has 1 aromatic rings. The summed E-state index contributed by atoms with van der Waals surface area (Å²) in [5.74, 6) is 0.696. The van der Waals surface area contributed by atoms with Crippen molar-refractivity contribution in [3.8, 4) is 0 Å². The van der Waals surface area contributed by atoms with Gasteiger partial charge in [0.1, 0.15) is 0 Å². The minimum absolute atomic E-state index is 0.644. The van der Waals surface area contributed by atoms with Crippen molar-refractivity contribution in [2.45, 2.75) is 45.2 Å². The lowest BCUT2D eigenvalue weighted by Crippen LogP contribution is -2.61. The number of nitrogens with zero attached hydrogens (tertiary/aromatic N) is 2. The summed E-state index contributed by atoms with van der Waals surface area (Å²) < 4.78 is 1.17. The van der Waals surface area contributed by atoms with E-state index in [1.165, 1.54) is 49.1 Å². The molecule has 2 fully saturated rings. The molecular formula is C17H25BrN2. The molecule has 2 atom stereocenters. The number of hydrogen-bond donors (Lipinski definition) is 0. The smallest absolute Gasteiger partial charge is 0.0440 e. The van der Waals surface area contributed by atoms with Gasteiger partial charge in [-0.15, -0.1) is 0 Å². The van der Waals surface area contributed by atoms with Crippen LogP contribution in [0.4, 0.5) is 5.69 Å². The van der Waals surface area contributed by atoms with Crippen LogP contribution in [0.15, 0.2) is 28.7 Å². The highest BCUT2D eigenvalue weighted by Gasteiger charge is 2.36. The second-order valence-corrected chi connectivity index (χ2v) is 7.50. The number of halogens is 1. The van der Waals surface area contributed by atoms with E-state index in [2.05, 4.69) is 63.8 Å². The monoisotopic (exact) mass is 336 g/mol. The average molecular weight is 337 g/mol. The van der Waals surface area contributed by atoms with Crippen molar-refractivity contribution in [2.75, 3.05) is 24.5 Å². The normalized spacial score (nSPS) is 27.7. The van der Waals surface area contributed by atoms with Crippen molar-refractivity contribution in [1.29, 1.82) is 0 Å². The molecule has 0 N–H and O–H groups in total. The largest absolute Gasteiger partial charge is 0.365 e. The van der Waals surface area contributed by atoms with Crippen LogP contribution < -0.4 is 4.90 Å². The van der Waals surface area contributed by atoms with Crippen LogP contribution in [-0.2, 0) is 0 Å². The van der Waals surface area contributed by atoms with E-state index in [0.29, 0.717) is 12.0 Å². The molecule has 0 aromatic heterocycles. The molecule has 3 rings (SSSR count). The third-order valence-electron chi connectivity index (χ3n) is 4.91. The van der Waals surface area contributed by atoms with Crippen LogP contribution in [0, 0.1) is 5.92 Å². The van der Waals surface area contributed by atoms with Crippen LogP contribution >= 0.6 is 15.9 Å². The van der Waals surface area contributed by atoms with Crippen molar-refractivity contribution in [2.24, 2.45) is 5.92 Å².